The number of benzene rings is 1. The summed E-state index contributed by atoms with van der Waals surface area (Å²) in [5, 5.41) is 14.3. The van der Waals surface area contributed by atoms with Crippen LogP contribution in [0.3, 0.4) is 0 Å². The molecule has 0 atom stereocenters. The van der Waals surface area contributed by atoms with Crippen LogP contribution < -0.4 is 20.6 Å². The number of hydrogen-bond acceptors (Lipinski definition) is 8. The third kappa shape index (κ3) is 5.05. The maximum Gasteiger partial charge on any atom is 0.261 e. The Morgan fingerprint density at radius 1 is 1.60 bits per heavy atom. The number of carbonyl (C=O) groups excluding carboxylic acids is 1. The standard InChI is InChI=1S/C14H14IN7O3/c1-3-4-25-13-10(15)5-9(6-11(13)24-2)7-17-18-12(23)8-22-14(16)19-20-21-22/h1,5-7H,4,8H2,2H3,(H,18,23)(H2,16,19,21)/b17-7+. The fraction of sp³-hybridized carbons (Fsp3) is 0.214. The molecule has 130 valence electrons. The van der Waals surface area contributed by atoms with Crippen LogP contribution in [0.5, 0.6) is 11.5 Å². The lowest BCUT2D eigenvalue weighted by atomic mass is 10.2. The van der Waals surface area contributed by atoms with E-state index < -0.39 is 5.91 Å². The van der Waals surface area contributed by atoms with Gasteiger partial charge in [-0.2, -0.15) is 5.10 Å². The highest BCUT2D eigenvalue weighted by Gasteiger charge is 2.11. The number of hydrazone groups is 1. The number of nitrogens with zero attached hydrogens (tertiary/aromatic N) is 5. The zero-order valence-corrected chi connectivity index (χ0v) is 15.3. The second kappa shape index (κ2) is 8.83. The average molecular weight is 455 g/mol. The van der Waals surface area contributed by atoms with Crippen LogP contribution in [0.25, 0.3) is 0 Å². The van der Waals surface area contributed by atoms with Crippen molar-refractivity contribution in [1.82, 2.24) is 25.6 Å². The Labute approximate surface area is 156 Å². The van der Waals surface area contributed by atoms with E-state index in [4.69, 9.17) is 21.6 Å². The molecule has 2 rings (SSSR count). The average Bonchev–Trinajstić information content (AvgIpc) is 2.98. The lowest BCUT2D eigenvalue weighted by Crippen LogP contribution is -2.24. The molecule has 3 N–H and O–H groups in total. The third-order valence-electron chi connectivity index (χ3n) is 2.81. The van der Waals surface area contributed by atoms with E-state index in [0.29, 0.717) is 17.1 Å². The largest absolute Gasteiger partial charge is 0.493 e. The molecule has 1 heterocycles. The number of hydrogen-bond donors (Lipinski definition) is 2. The molecule has 0 saturated carbocycles. The van der Waals surface area contributed by atoms with E-state index in [2.05, 4.69) is 54.6 Å². The summed E-state index contributed by atoms with van der Waals surface area (Å²) in [7, 11) is 1.52. The van der Waals surface area contributed by atoms with Crippen molar-refractivity contribution in [3.8, 4) is 23.8 Å². The summed E-state index contributed by atoms with van der Waals surface area (Å²) in [6, 6.07) is 3.52. The number of nitrogen functional groups attached to an aromatic ring is 1. The summed E-state index contributed by atoms with van der Waals surface area (Å²) < 4.78 is 12.7. The SMILES string of the molecule is C#CCOc1c(I)cc(/C=N/NC(=O)Cn2nnnc2N)cc1OC. The van der Waals surface area contributed by atoms with Crippen LogP contribution >= 0.6 is 22.6 Å². The quantitative estimate of drug-likeness (QED) is 0.261. The van der Waals surface area contributed by atoms with Gasteiger partial charge in [-0.3, -0.25) is 4.79 Å². The van der Waals surface area contributed by atoms with Crippen molar-refractivity contribution in [2.45, 2.75) is 6.54 Å². The van der Waals surface area contributed by atoms with Gasteiger partial charge in [-0.05, 0) is 50.7 Å². The smallest absolute Gasteiger partial charge is 0.261 e. The van der Waals surface area contributed by atoms with Crippen molar-refractivity contribution in [3.05, 3.63) is 21.3 Å². The number of tetrazole rings is 1. The Bertz CT molecular complexity index is 828. The lowest BCUT2D eigenvalue weighted by molar-refractivity contribution is -0.121. The van der Waals surface area contributed by atoms with Gasteiger partial charge in [-0.1, -0.05) is 11.0 Å². The maximum absolute atomic E-state index is 11.8. The van der Waals surface area contributed by atoms with Gasteiger partial charge < -0.3 is 15.2 Å². The second-order valence-corrected chi connectivity index (χ2v) is 5.68. The van der Waals surface area contributed by atoms with Crippen molar-refractivity contribution in [2.75, 3.05) is 19.5 Å². The molecule has 0 aliphatic heterocycles. The molecule has 2 aromatic rings. The van der Waals surface area contributed by atoms with Gasteiger partial charge in [0.1, 0.15) is 13.2 Å². The van der Waals surface area contributed by atoms with Crippen molar-refractivity contribution in [1.29, 1.82) is 0 Å². The summed E-state index contributed by atoms with van der Waals surface area (Å²) in [6.07, 6.45) is 6.67. The van der Waals surface area contributed by atoms with Gasteiger partial charge in [-0.25, -0.2) is 10.1 Å². The Morgan fingerprint density at radius 3 is 3.04 bits per heavy atom. The van der Waals surface area contributed by atoms with Crippen LogP contribution in [0.2, 0.25) is 0 Å². The Balaban J connectivity index is 2.03. The van der Waals surface area contributed by atoms with E-state index in [0.717, 1.165) is 8.25 Å². The number of methoxy groups -OCH3 is 1. The van der Waals surface area contributed by atoms with Gasteiger partial charge in [0.25, 0.3) is 5.91 Å². The van der Waals surface area contributed by atoms with Crippen molar-refractivity contribution >= 4 is 40.7 Å². The van der Waals surface area contributed by atoms with Crippen LogP contribution in [-0.2, 0) is 11.3 Å². The number of anilines is 1. The minimum Gasteiger partial charge on any atom is -0.493 e. The van der Waals surface area contributed by atoms with Gasteiger partial charge in [0.2, 0.25) is 5.95 Å². The first-order valence-corrected chi connectivity index (χ1v) is 7.90. The van der Waals surface area contributed by atoms with E-state index in [1.54, 1.807) is 6.07 Å². The molecule has 0 aliphatic carbocycles. The number of rotatable bonds is 7. The predicted molar refractivity (Wildman–Crippen MR) is 98.0 cm³/mol. The first-order chi connectivity index (χ1) is 12.0. The first kappa shape index (κ1) is 18.5. The highest BCUT2D eigenvalue weighted by atomic mass is 127. The zero-order valence-electron chi connectivity index (χ0n) is 13.1. The number of ether oxygens (including phenoxy) is 2. The Hall–Kier alpha value is -2.88. The molecule has 0 spiro atoms. The number of amides is 1. The van der Waals surface area contributed by atoms with Crippen molar-refractivity contribution in [2.24, 2.45) is 5.10 Å². The molecule has 25 heavy (non-hydrogen) atoms. The van der Waals surface area contributed by atoms with Crippen LogP contribution in [0.4, 0.5) is 5.95 Å². The van der Waals surface area contributed by atoms with Crippen LogP contribution in [0.15, 0.2) is 17.2 Å². The van der Waals surface area contributed by atoms with E-state index in [1.165, 1.54) is 13.3 Å². The van der Waals surface area contributed by atoms with Crippen LogP contribution in [0.1, 0.15) is 5.56 Å². The topological polar surface area (TPSA) is 130 Å². The molecule has 0 aliphatic rings. The highest BCUT2D eigenvalue weighted by molar-refractivity contribution is 14.1. The number of aromatic nitrogens is 4. The summed E-state index contributed by atoms with van der Waals surface area (Å²) in [5.41, 5.74) is 8.54. The van der Waals surface area contributed by atoms with Gasteiger partial charge in [0.15, 0.2) is 11.5 Å². The fourth-order valence-electron chi connectivity index (χ4n) is 1.74. The Kier molecular flexibility index (Phi) is 6.52. The second-order valence-electron chi connectivity index (χ2n) is 4.51. The summed E-state index contributed by atoms with van der Waals surface area (Å²) in [4.78, 5) is 11.8. The number of nitrogens with two attached hydrogens (primary N) is 1. The summed E-state index contributed by atoms with van der Waals surface area (Å²) >= 11 is 2.10. The van der Waals surface area contributed by atoms with E-state index in [-0.39, 0.29) is 19.1 Å². The fourth-order valence-corrected chi connectivity index (χ4v) is 2.52. The minimum absolute atomic E-state index is 0.0426. The molecule has 0 fully saturated rings. The van der Waals surface area contributed by atoms with Crippen LogP contribution in [-0.4, -0.2) is 46.0 Å². The molecule has 1 amide bonds. The van der Waals surface area contributed by atoms with Crippen molar-refractivity contribution < 1.29 is 14.3 Å². The van der Waals surface area contributed by atoms with Crippen LogP contribution in [0, 0.1) is 15.9 Å². The van der Waals surface area contributed by atoms with Gasteiger partial charge in [0.05, 0.1) is 16.9 Å². The number of halogens is 1. The molecule has 0 unspecified atom stereocenters. The summed E-state index contributed by atoms with van der Waals surface area (Å²) in [6.45, 7) is -0.00791. The first-order valence-electron chi connectivity index (χ1n) is 6.82. The van der Waals surface area contributed by atoms with E-state index >= 15 is 0 Å². The Morgan fingerprint density at radius 2 is 2.40 bits per heavy atom. The monoisotopic (exact) mass is 455 g/mol. The van der Waals surface area contributed by atoms with E-state index in [1.807, 2.05) is 6.07 Å². The summed E-state index contributed by atoms with van der Waals surface area (Å²) in [5.74, 6) is 3.08. The number of nitrogens with one attached hydrogen (secondary N) is 1. The molecular formula is C14H14IN7O3. The molecular weight excluding hydrogens is 441 g/mol. The highest BCUT2D eigenvalue weighted by Crippen LogP contribution is 2.33. The molecule has 0 bridgehead atoms. The molecule has 1 aromatic carbocycles. The van der Waals surface area contributed by atoms with Gasteiger partial charge >= 0.3 is 0 Å². The van der Waals surface area contributed by atoms with Gasteiger partial charge in [-0.15, -0.1) is 6.42 Å². The lowest BCUT2D eigenvalue weighted by Gasteiger charge is -2.11. The van der Waals surface area contributed by atoms with E-state index in [9.17, 15) is 4.79 Å². The number of terminal acetylenes is 1. The normalized spacial score (nSPS) is 10.4. The molecule has 11 heteroatoms. The van der Waals surface area contributed by atoms with Crippen molar-refractivity contribution in [3.63, 3.8) is 0 Å². The maximum atomic E-state index is 11.8. The zero-order chi connectivity index (χ0) is 18.2. The van der Waals surface area contributed by atoms with Gasteiger partial charge in [0, 0.05) is 0 Å². The minimum atomic E-state index is -0.425. The number of carbonyl (C=O) groups is 1. The molecule has 0 radical (unpaired) electrons. The third-order valence-corrected chi connectivity index (χ3v) is 3.61. The molecule has 10 nitrogen and oxygen atoms in total. The molecule has 1 aromatic heterocycles. The molecule has 0 saturated heterocycles. The predicted octanol–water partition coefficient (Wildman–Crippen LogP) is 0.0308.